The van der Waals surface area contributed by atoms with Gasteiger partial charge < -0.3 is 15.8 Å². The highest BCUT2D eigenvalue weighted by Gasteiger charge is 2.19. The van der Waals surface area contributed by atoms with Crippen molar-refractivity contribution in [3.05, 3.63) is 33.8 Å². The minimum Gasteiger partial charge on any atom is -0.409 e. The summed E-state index contributed by atoms with van der Waals surface area (Å²) in [5.41, 5.74) is 5.98. The fraction of sp³-hybridized carbons (Fsp3) is 0.385. The van der Waals surface area contributed by atoms with Crippen molar-refractivity contribution in [2.24, 2.45) is 16.8 Å². The number of hydrogen-bond donors (Lipinski definition) is 2. The van der Waals surface area contributed by atoms with Gasteiger partial charge in [-0.2, -0.15) is 0 Å². The van der Waals surface area contributed by atoms with Crippen molar-refractivity contribution in [2.75, 3.05) is 13.1 Å². The summed E-state index contributed by atoms with van der Waals surface area (Å²) in [7, 11) is 0. The number of carbonyl (C=O) groups is 1. The Morgan fingerprint density at radius 3 is 2.60 bits per heavy atom. The Kier molecular flexibility index (Phi) is 6.10. The van der Waals surface area contributed by atoms with E-state index in [0.717, 1.165) is 0 Å². The van der Waals surface area contributed by atoms with Gasteiger partial charge in [0.05, 0.1) is 10.0 Å². The first-order chi connectivity index (χ1) is 9.40. The Bertz CT molecular complexity index is 520. The highest BCUT2D eigenvalue weighted by Crippen LogP contribution is 2.23. The normalized spacial score (nSPS) is 13.1. The van der Waals surface area contributed by atoms with E-state index in [9.17, 15) is 4.79 Å². The van der Waals surface area contributed by atoms with E-state index in [4.69, 9.17) is 34.1 Å². The molecule has 1 amide bonds. The molecule has 1 unspecified atom stereocenters. The first kappa shape index (κ1) is 16.6. The number of hydrogen-bond acceptors (Lipinski definition) is 3. The monoisotopic (exact) mass is 317 g/mol. The summed E-state index contributed by atoms with van der Waals surface area (Å²) in [6.45, 7) is 4.49. The molecule has 0 aromatic heterocycles. The second kappa shape index (κ2) is 7.36. The fourth-order valence-electron chi connectivity index (χ4n) is 1.69. The van der Waals surface area contributed by atoms with Crippen LogP contribution in [0, 0.1) is 5.92 Å². The van der Waals surface area contributed by atoms with Crippen LogP contribution in [0.4, 0.5) is 0 Å². The molecule has 0 spiro atoms. The highest BCUT2D eigenvalue weighted by molar-refractivity contribution is 6.42. The smallest absolute Gasteiger partial charge is 0.253 e. The third kappa shape index (κ3) is 4.02. The summed E-state index contributed by atoms with van der Waals surface area (Å²) in [5.74, 6) is -0.333. The van der Waals surface area contributed by atoms with Gasteiger partial charge in [0.1, 0.15) is 5.84 Å². The van der Waals surface area contributed by atoms with E-state index in [1.54, 1.807) is 24.0 Å². The van der Waals surface area contributed by atoms with Crippen LogP contribution in [0.3, 0.4) is 0 Å². The minimum atomic E-state index is -0.244. The summed E-state index contributed by atoms with van der Waals surface area (Å²) in [6, 6.07) is 4.73. The molecule has 110 valence electrons. The maximum atomic E-state index is 12.4. The average molecular weight is 318 g/mol. The van der Waals surface area contributed by atoms with Crippen molar-refractivity contribution in [3.63, 3.8) is 0 Å². The zero-order valence-electron chi connectivity index (χ0n) is 11.3. The number of oxime groups is 1. The van der Waals surface area contributed by atoms with Crippen molar-refractivity contribution in [2.45, 2.75) is 13.8 Å². The van der Waals surface area contributed by atoms with Crippen LogP contribution >= 0.6 is 23.2 Å². The molecule has 1 rings (SSSR count). The Hall–Kier alpha value is -1.46. The largest absolute Gasteiger partial charge is 0.409 e. The Labute approximate surface area is 127 Å². The maximum absolute atomic E-state index is 12.4. The van der Waals surface area contributed by atoms with E-state index in [2.05, 4.69) is 5.16 Å². The van der Waals surface area contributed by atoms with Crippen LogP contribution in [-0.2, 0) is 0 Å². The van der Waals surface area contributed by atoms with Gasteiger partial charge in [-0.1, -0.05) is 35.3 Å². The molecule has 0 saturated carbocycles. The Balaban J connectivity index is 2.89. The first-order valence-corrected chi connectivity index (χ1v) is 6.88. The van der Waals surface area contributed by atoms with Gasteiger partial charge in [-0.3, -0.25) is 4.79 Å². The molecule has 0 aliphatic heterocycles. The molecule has 0 aliphatic carbocycles. The lowest BCUT2D eigenvalue weighted by Crippen LogP contribution is -2.38. The van der Waals surface area contributed by atoms with Crippen LogP contribution in [0.1, 0.15) is 24.2 Å². The van der Waals surface area contributed by atoms with Gasteiger partial charge in [0.15, 0.2) is 0 Å². The number of amides is 1. The van der Waals surface area contributed by atoms with Crippen molar-refractivity contribution < 1.29 is 10.0 Å². The minimum absolute atomic E-state index is 0.0883. The van der Waals surface area contributed by atoms with E-state index >= 15 is 0 Å². The Morgan fingerprint density at radius 1 is 1.45 bits per heavy atom. The quantitative estimate of drug-likeness (QED) is 0.379. The lowest BCUT2D eigenvalue weighted by atomic mass is 10.1. The first-order valence-electron chi connectivity index (χ1n) is 6.12. The summed E-state index contributed by atoms with van der Waals surface area (Å²) in [6.07, 6.45) is 0. The van der Waals surface area contributed by atoms with E-state index in [1.807, 2.05) is 6.92 Å². The molecular formula is C13H17Cl2N3O2. The van der Waals surface area contributed by atoms with E-state index in [0.29, 0.717) is 28.7 Å². The second-order valence-electron chi connectivity index (χ2n) is 4.40. The number of nitrogens with zero attached hydrogens (tertiary/aromatic N) is 2. The Morgan fingerprint density at radius 2 is 2.10 bits per heavy atom. The molecule has 0 fully saturated rings. The molecule has 0 heterocycles. The average Bonchev–Trinajstić information content (AvgIpc) is 2.45. The molecule has 0 radical (unpaired) electrons. The molecule has 5 nitrogen and oxygen atoms in total. The molecule has 0 bridgehead atoms. The third-order valence-corrected chi connectivity index (χ3v) is 3.69. The van der Waals surface area contributed by atoms with Crippen molar-refractivity contribution in [1.29, 1.82) is 0 Å². The van der Waals surface area contributed by atoms with Gasteiger partial charge in [0.2, 0.25) is 0 Å². The van der Waals surface area contributed by atoms with Gasteiger partial charge >= 0.3 is 0 Å². The summed E-state index contributed by atoms with van der Waals surface area (Å²) in [4.78, 5) is 14.0. The van der Waals surface area contributed by atoms with Gasteiger partial charge in [-0.15, -0.1) is 0 Å². The number of halogens is 2. The van der Waals surface area contributed by atoms with E-state index in [1.165, 1.54) is 6.07 Å². The number of benzene rings is 1. The number of carbonyl (C=O) groups excluding carboxylic acids is 1. The molecule has 20 heavy (non-hydrogen) atoms. The zero-order chi connectivity index (χ0) is 15.3. The molecular weight excluding hydrogens is 301 g/mol. The van der Waals surface area contributed by atoms with Gasteiger partial charge in [0, 0.05) is 24.6 Å². The summed E-state index contributed by atoms with van der Waals surface area (Å²) in [5, 5.41) is 12.3. The molecule has 1 aromatic carbocycles. The molecule has 0 saturated heterocycles. The standard InChI is InChI=1S/C13H17Cl2N3O2/c1-3-18(7-8(2)12(16)17-20)13(19)9-4-5-10(14)11(15)6-9/h4-6,8,20H,3,7H2,1-2H3,(H2,16,17). The van der Waals surface area contributed by atoms with Crippen molar-refractivity contribution in [1.82, 2.24) is 4.90 Å². The fourth-order valence-corrected chi connectivity index (χ4v) is 1.99. The van der Waals surface area contributed by atoms with E-state index < -0.39 is 0 Å². The van der Waals surface area contributed by atoms with Crippen LogP contribution in [0.25, 0.3) is 0 Å². The zero-order valence-corrected chi connectivity index (χ0v) is 12.8. The van der Waals surface area contributed by atoms with Crippen LogP contribution < -0.4 is 5.73 Å². The van der Waals surface area contributed by atoms with Crippen LogP contribution in [0.2, 0.25) is 10.0 Å². The van der Waals surface area contributed by atoms with Crippen LogP contribution in [-0.4, -0.2) is 34.9 Å². The highest BCUT2D eigenvalue weighted by atomic mass is 35.5. The van der Waals surface area contributed by atoms with Gasteiger partial charge in [0.25, 0.3) is 5.91 Å². The molecule has 7 heteroatoms. The number of amidine groups is 1. The van der Waals surface area contributed by atoms with Crippen molar-refractivity contribution in [3.8, 4) is 0 Å². The number of nitrogens with two attached hydrogens (primary N) is 1. The molecule has 1 atom stereocenters. The molecule has 1 aromatic rings. The lowest BCUT2D eigenvalue weighted by molar-refractivity contribution is 0.0754. The summed E-state index contributed by atoms with van der Waals surface area (Å²) >= 11 is 11.7. The molecule has 0 aliphatic rings. The number of rotatable bonds is 5. The van der Waals surface area contributed by atoms with Gasteiger partial charge in [-0.25, -0.2) is 0 Å². The lowest BCUT2D eigenvalue weighted by Gasteiger charge is -2.24. The van der Waals surface area contributed by atoms with Crippen LogP contribution in [0.5, 0.6) is 0 Å². The third-order valence-electron chi connectivity index (χ3n) is 2.95. The SMILES string of the molecule is CCN(CC(C)C(N)=NO)C(=O)c1ccc(Cl)c(Cl)c1. The maximum Gasteiger partial charge on any atom is 0.253 e. The summed E-state index contributed by atoms with van der Waals surface area (Å²) < 4.78 is 0. The molecule has 3 N–H and O–H groups in total. The second-order valence-corrected chi connectivity index (χ2v) is 5.21. The predicted octanol–water partition coefficient (Wildman–Crippen LogP) is 2.84. The predicted molar refractivity (Wildman–Crippen MR) is 80.6 cm³/mol. The topological polar surface area (TPSA) is 78.9 Å². The van der Waals surface area contributed by atoms with Crippen LogP contribution in [0.15, 0.2) is 23.4 Å². The van der Waals surface area contributed by atoms with Crippen molar-refractivity contribution >= 4 is 34.9 Å². The van der Waals surface area contributed by atoms with Gasteiger partial charge in [-0.05, 0) is 25.1 Å². The van der Waals surface area contributed by atoms with E-state index in [-0.39, 0.29) is 17.7 Å².